The summed E-state index contributed by atoms with van der Waals surface area (Å²) in [6, 6.07) is 17.3. The highest BCUT2D eigenvalue weighted by molar-refractivity contribution is 6.31. The SMILES string of the molecule is CC(C)(C)OC(=O)Cc1cccc(N(CC(=O)OC(C)(C)C)C(=O)CCc2ccc(OC(=O)c3ccc(NC(=NC(=O)OC(C)(C)C)NC(=O)OC(C)(C)C)cc3)cc2Cl)c1. The Labute approximate surface area is 362 Å². The largest absolute Gasteiger partial charge is 0.460 e. The fourth-order valence-corrected chi connectivity index (χ4v) is 5.50. The van der Waals surface area contributed by atoms with Crippen molar-refractivity contribution in [1.29, 1.82) is 0 Å². The minimum Gasteiger partial charge on any atom is -0.460 e. The van der Waals surface area contributed by atoms with Crippen molar-refractivity contribution in [3.63, 3.8) is 0 Å². The van der Waals surface area contributed by atoms with Gasteiger partial charge in [0.1, 0.15) is 34.7 Å². The number of guanidine groups is 1. The zero-order valence-electron chi connectivity index (χ0n) is 36.9. The van der Waals surface area contributed by atoms with Crippen LogP contribution >= 0.6 is 11.6 Å². The molecule has 0 spiro atoms. The molecule has 0 fully saturated rings. The number of aryl methyl sites for hydroxylation is 1. The lowest BCUT2D eigenvalue weighted by Gasteiger charge is -2.26. The average molecular weight is 865 g/mol. The number of carbonyl (C=O) groups excluding carboxylic acids is 6. The first-order valence-electron chi connectivity index (χ1n) is 19.6. The highest BCUT2D eigenvalue weighted by Gasteiger charge is 2.25. The number of benzene rings is 3. The third-order valence-electron chi connectivity index (χ3n) is 7.44. The number of hydrogen-bond donors (Lipinski definition) is 2. The molecule has 0 radical (unpaired) electrons. The van der Waals surface area contributed by atoms with E-state index in [0.717, 1.165) is 0 Å². The molecule has 0 bridgehead atoms. The van der Waals surface area contributed by atoms with E-state index >= 15 is 0 Å². The number of carbonyl (C=O) groups is 6. The fraction of sp³-hybridized carbons (Fsp3) is 0.444. The maximum atomic E-state index is 13.8. The number of anilines is 2. The van der Waals surface area contributed by atoms with E-state index in [1.165, 1.54) is 35.2 Å². The second kappa shape index (κ2) is 20.5. The van der Waals surface area contributed by atoms with Crippen LogP contribution in [0.15, 0.2) is 71.7 Å². The van der Waals surface area contributed by atoms with Crippen molar-refractivity contribution in [2.24, 2.45) is 4.99 Å². The van der Waals surface area contributed by atoms with Crippen LogP contribution in [0.1, 0.15) is 111 Å². The number of nitrogens with zero attached hydrogens (tertiary/aromatic N) is 2. The maximum absolute atomic E-state index is 13.8. The van der Waals surface area contributed by atoms with Gasteiger partial charge in [-0.05, 0) is 149 Å². The smallest absolute Gasteiger partial charge is 0.437 e. The molecule has 0 heterocycles. The van der Waals surface area contributed by atoms with Crippen molar-refractivity contribution in [1.82, 2.24) is 5.32 Å². The molecular formula is C45H57ClN4O11. The molecule has 15 nitrogen and oxygen atoms in total. The van der Waals surface area contributed by atoms with E-state index in [0.29, 0.717) is 22.5 Å². The Morgan fingerprint density at radius 1 is 0.689 bits per heavy atom. The number of halogens is 1. The molecule has 0 aromatic heterocycles. The standard InChI is InChI=1S/C45H57ClN4O11/c1-42(2,3)58-36(52)25-28-14-13-15-32(24-28)50(27-37(53)59-43(4,5)6)35(51)23-19-29-18-22-33(26-34(29)46)57-38(54)30-16-20-31(21-17-30)47-39(48-40(55)60-44(7,8)9)49-41(56)61-45(10,11)12/h13-18,20-22,24,26H,19,23,25,27H2,1-12H3,(H2,47,48,49,55,56). The third kappa shape index (κ3) is 18.9. The zero-order chi connectivity index (χ0) is 45.9. The molecule has 16 heteroatoms. The molecule has 0 aliphatic carbocycles. The summed E-state index contributed by atoms with van der Waals surface area (Å²) in [6.07, 6.45) is -1.71. The Morgan fingerprint density at radius 2 is 1.28 bits per heavy atom. The highest BCUT2D eigenvalue weighted by Crippen LogP contribution is 2.26. The summed E-state index contributed by atoms with van der Waals surface area (Å²) < 4.78 is 27.0. The van der Waals surface area contributed by atoms with Crippen LogP contribution in [0.25, 0.3) is 0 Å². The topological polar surface area (TPSA) is 188 Å². The first kappa shape index (κ1) is 49.4. The van der Waals surface area contributed by atoms with E-state index in [1.807, 2.05) is 0 Å². The Hall–Kier alpha value is -5.96. The second-order valence-corrected chi connectivity index (χ2v) is 18.3. The predicted molar refractivity (Wildman–Crippen MR) is 232 cm³/mol. The molecule has 0 saturated heterocycles. The first-order valence-corrected chi connectivity index (χ1v) is 19.9. The number of alkyl carbamates (subject to hydrolysis) is 1. The average Bonchev–Trinajstić information content (AvgIpc) is 3.07. The van der Waals surface area contributed by atoms with Crippen molar-refractivity contribution in [2.45, 2.75) is 125 Å². The predicted octanol–water partition coefficient (Wildman–Crippen LogP) is 8.98. The summed E-state index contributed by atoms with van der Waals surface area (Å²) in [5, 5.41) is 5.45. The molecule has 0 aliphatic heterocycles. The van der Waals surface area contributed by atoms with Crippen LogP contribution in [0.5, 0.6) is 5.75 Å². The zero-order valence-corrected chi connectivity index (χ0v) is 37.7. The van der Waals surface area contributed by atoms with Gasteiger partial charge in [0.25, 0.3) is 0 Å². The van der Waals surface area contributed by atoms with Crippen molar-refractivity contribution in [3.8, 4) is 5.75 Å². The lowest BCUT2D eigenvalue weighted by Crippen LogP contribution is -2.40. The van der Waals surface area contributed by atoms with E-state index in [-0.39, 0.29) is 48.1 Å². The van der Waals surface area contributed by atoms with Crippen LogP contribution in [0, 0.1) is 0 Å². The molecule has 0 atom stereocenters. The van der Waals surface area contributed by atoms with Crippen LogP contribution in [0.3, 0.4) is 0 Å². The summed E-state index contributed by atoms with van der Waals surface area (Å²) >= 11 is 6.60. The van der Waals surface area contributed by atoms with Crippen molar-refractivity contribution < 1.29 is 52.5 Å². The normalized spacial score (nSPS) is 12.1. The van der Waals surface area contributed by atoms with Crippen molar-refractivity contribution in [2.75, 3.05) is 16.8 Å². The number of rotatable bonds is 11. The van der Waals surface area contributed by atoms with E-state index in [1.54, 1.807) is 119 Å². The number of amides is 3. The van der Waals surface area contributed by atoms with Gasteiger partial charge in [-0.15, -0.1) is 4.99 Å². The lowest BCUT2D eigenvalue weighted by atomic mass is 10.1. The van der Waals surface area contributed by atoms with E-state index in [9.17, 15) is 28.8 Å². The summed E-state index contributed by atoms with van der Waals surface area (Å²) in [5.41, 5.74) is -0.990. The first-order chi connectivity index (χ1) is 28.0. The molecule has 2 N–H and O–H groups in total. The Balaban J connectivity index is 1.72. The lowest BCUT2D eigenvalue weighted by molar-refractivity contribution is -0.154. The van der Waals surface area contributed by atoms with E-state index in [2.05, 4.69) is 15.6 Å². The molecule has 0 saturated carbocycles. The Morgan fingerprint density at radius 3 is 1.85 bits per heavy atom. The molecule has 0 unspecified atom stereocenters. The van der Waals surface area contributed by atoms with Crippen LogP contribution in [0.2, 0.25) is 5.02 Å². The Bertz CT molecular complexity index is 2110. The summed E-state index contributed by atoms with van der Waals surface area (Å²) in [5.74, 6) is -2.26. The number of hydrogen-bond acceptors (Lipinski definition) is 11. The van der Waals surface area contributed by atoms with Crippen molar-refractivity contribution in [3.05, 3.63) is 88.4 Å². The number of ether oxygens (including phenoxy) is 5. The molecule has 3 rings (SSSR count). The number of esters is 3. The van der Waals surface area contributed by atoms with Crippen molar-refractivity contribution >= 4 is 64.9 Å². The minimum absolute atomic E-state index is 0.0305. The fourth-order valence-electron chi connectivity index (χ4n) is 5.23. The van der Waals surface area contributed by atoms with Gasteiger partial charge in [-0.25, -0.2) is 14.4 Å². The molecule has 3 amide bonds. The number of nitrogens with one attached hydrogen (secondary N) is 2. The number of aliphatic imine (C=N–C) groups is 1. The quantitative estimate of drug-likeness (QED) is 0.0613. The van der Waals surface area contributed by atoms with Crippen LogP contribution in [-0.4, -0.2) is 70.9 Å². The summed E-state index contributed by atoms with van der Waals surface area (Å²) in [7, 11) is 0. The van der Waals surface area contributed by atoms with Gasteiger partial charge in [0.15, 0.2) is 0 Å². The molecule has 61 heavy (non-hydrogen) atoms. The van der Waals surface area contributed by atoms with E-state index < -0.39 is 58.4 Å². The summed E-state index contributed by atoms with van der Waals surface area (Å²) in [6.45, 7) is 20.2. The van der Waals surface area contributed by atoms with Gasteiger partial charge in [0.05, 0.1) is 12.0 Å². The molecule has 3 aromatic carbocycles. The van der Waals surface area contributed by atoms with Gasteiger partial charge in [-0.3, -0.25) is 19.7 Å². The minimum atomic E-state index is -0.957. The summed E-state index contributed by atoms with van der Waals surface area (Å²) in [4.78, 5) is 82.3. The second-order valence-electron chi connectivity index (χ2n) is 17.9. The van der Waals surface area contributed by atoms with Crippen LogP contribution in [-0.2, 0) is 46.2 Å². The van der Waals surface area contributed by atoms with Gasteiger partial charge in [0.2, 0.25) is 11.9 Å². The van der Waals surface area contributed by atoms with Gasteiger partial charge in [-0.1, -0.05) is 29.8 Å². The Kier molecular flexibility index (Phi) is 16.6. The monoisotopic (exact) mass is 864 g/mol. The molecule has 0 aliphatic rings. The third-order valence-corrected chi connectivity index (χ3v) is 7.79. The van der Waals surface area contributed by atoms with Crippen LogP contribution in [0.4, 0.5) is 21.0 Å². The van der Waals surface area contributed by atoms with Gasteiger partial charge < -0.3 is 33.9 Å². The van der Waals surface area contributed by atoms with Gasteiger partial charge in [-0.2, -0.15) is 0 Å². The molecular weight excluding hydrogens is 808 g/mol. The maximum Gasteiger partial charge on any atom is 0.437 e. The molecule has 3 aromatic rings. The van der Waals surface area contributed by atoms with Crippen LogP contribution < -0.4 is 20.3 Å². The highest BCUT2D eigenvalue weighted by atomic mass is 35.5. The molecule has 330 valence electrons. The van der Waals surface area contributed by atoms with E-state index in [4.69, 9.17) is 35.3 Å². The van der Waals surface area contributed by atoms with Gasteiger partial charge >= 0.3 is 30.1 Å². The van der Waals surface area contributed by atoms with Gasteiger partial charge in [0, 0.05) is 22.8 Å².